The molecule has 0 amide bonds. The molecule has 94 valence electrons. The fourth-order valence-electron chi connectivity index (χ4n) is 2.60. The number of nitrogens with two attached hydrogens (primary N) is 1. The number of rotatable bonds is 4. The molecule has 0 aromatic heterocycles. The third kappa shape index (κ3) is 3.28. The molecule has 1 aromatic carbocycles. The number of benzene rings is 1. The van der Waals surface area contributed by atoms with Crippen molar-refractivity contribution in [3.05, 3.63) is 34.9 Å². The molecule has 3 nitrogen and oxygen atoms in total. The Hall–Kier alpha value is -0.900. The first kappa shape index (κ1) is 12.6. The average molecular weight is 234 g/mol. The van der Waals surface area contributed by atoms with E-state index < -0.39 is 0 Å². The van der Waals surface area contributed by atoms with Crippen molar-refractivity contribution >= 4 is 0 Å². The highest BCUT2D eigenvalue weighted by atomic mass is 16.5. The fourth-order valence-corrected chi connectivity index (χ4v) is 2.60. The maximum absolute atomic E-state index is 5.68. The molecule has 1 aromatic rings. The van der Waals surface area contributed by atoms with E-state index in [1.807, 2.05) is 0 Å². The first-order valence-corrected chi connectivity index (χ1v) is 6.35. The van der Waals surface area contributed by atoms with Crippen molar-refractivity contribution in [2.45, 2.75) is 45.3 Å². The lowest BCUT2D eigenvalue weighted by Crippen LogP contribution is -2.31. The third-order valence-corrected chi connectivity index (χ3v) is 3.37. The second kappa shape index (κ2) is 5.63. The lowest BCUT2D eigenvalue weighted by Gasteiger charge is -2.20. The van der Waals surface area contributed by atoms with Crippen molar-refractivity contribution in [2.75, 3.05) is 6.61 Å². The monoisotopic (exact) mass is 234 g/mol. The molecule has 3 N–H and O–H groups in total. The molecule has 1 fully saturated rings. The molecule has 2 unspecified atom stereocenters. The largest absolute Gasteiger partial charge is 0.378 e. The summed E-state index contributed by atoms with van der Waals surface area (Å²) < 4.78 is 5.67. The zero-order chi connectivity index (χ0) is 12.3. The Morgan fingerprint density at radius 3 is 2.59 bits per heavy atom. The predicted molar refractivity (Wildman–Crippen MR) is 69.6 cm³/mol. The molecular formula is C14H22N2O. The smallest absolute Gasteiger partial charge is 0.0594 e. The molecule has 1 aliphatic rings. The van der Waals surface area contributed by atoms with Gasteiger partial charge in [-0.25, -0.2) is 0 Å². The van der Waals surface area contributed by atoms with Crippen LogP contribution in [-0.4, -0.2) is 12.7 Å². The summed E-state index contributed by atoms with van der Waals surface area (Å²) in [5.74, 6) is 5.68. The molecule has 0 saturated carbocycles. The van der Waals surface area contributed by atoms with Gasteiger partial charge < -0.3 is 4.74 Å². The van der Waals surface area contributed by atoms with E-state index in [1.165, 1.54) is 23.1 Å². The molecule has 0 radical (unpaired) electrons. The fraction of sp³-hybridized carbons (Fsp3) is 0.571. The summed E-state index contributed by atoms with van der Waals surface area (Å²) in [4.78, 5) is 0. The van der Waals surface area contributed by atoms with Gasteiger partial charge in [-0.1, -0.05) is 29.3 Å². The second-order valence-corrected chi connectivity index (χ2v) is 5.01. The van der Waals surface area contributed by atoms with E-state index in [-0.39, 0.29) is 6.04 Å². The quantitative estimate of drug-likeness (QED) is 0.621. The molecule has 0 aliphatic carbocycles. The van der Waals surface area contributed by atoms with Gasteiger partial charge in [0.2, 0.25) is 0 Å². The summed E-state index contributed by atoms with van der Waals surface area (Å²) in [6, 6.07) is 6.78. The van der Waals surface area contributed by atoms with E-state index in [0.717, 1.165) is 19.4 Å². The second-order valence-electron chi connectivity index (χ2n) is 5.01. The van der Waals surface area contributed by atoms with Gasteiger partial charge in [-0.15, -0.1) is 0 Å². The molecular weight excluding hydrogens is 212 g/mol. The minimum Gasteiger partial charge on any atom is -0.378 e. The molecule has 2 rings (SSSR count). The van der Waals surface area contributed by atoms with Crippen LogP contribution in [0.15, 0.2) is 18.2 Å². The van der Waals surface area contributed by atoms with Crippen molar-refractivity contribution in [3.63, 3.8) is 0 Å². The molecule has 0 bridgehead atoms. The summed E-state index contributed by atoms with van der Waals surface area (Å²) in [7, 11) is 0. The maximum atomic E-state index is 5.68. The number of aryl methyl sites for hydroxylation is 2. The van der Waals surface area contributed by atoms with Gasteiger partial charge in [0.25, 0.3) is 0 Å². The van der Waals surface area contributed by atoms with E-state index in [1.54, 1.807) is 0 Å². The van der Waals surface area contributed by atoms with Crippen LogP contribution in [0.1, 0.15) is 42.0 Å². The standard InChI is InChI=1S/C14H22N2O/c1-10-6-11(2)8-12(7-10)14(16-15)9-13-4-3-5-17-13/h6-8,13-14,16H,3-5,9,15H2,1-2H3. The molecule has 17 heavy (non-hydrogen) atoms. The van der Waals surface area contributed by atoms with Crippen molar-refractivity contribution in [1.29, 1.82) is 0 Å². The molecule has 0 spiro atoms. The van der Waals surface area contributed by atoms with Gasteiger partial charge in [-0.05, 0) is 38.7 Å². The first-order valence-electron chi connectivity index (χ1n) is 6.35. The normalized spacial score (nSPS) is 21.7. The highest BCUT2D eigenvalue weighted by molar-refractivity contribution is 5.30. The minimum absolute atomic E-state index is 0.191. The third-order valence-electron chi connectivity index (χ3n) is 3.37. The topological polar surface area (TPSA) is 47.3 Å². The summed E-state index contributed by atoms with van der Waals surface area (Å²) in [5, 5.41) is 0. The van der Waals surface area contributed by atoms with Gasteiger partial charge in [0.1, 0.15) is 0 Å². The Morgan fingerprint density at radius 1 is 1.35 bits per heavy atom. The van der Waals surface area contributed by atoms with E-state index in [9.17, 15) is 0 Å². The van der Waals surface area contributed by atoms with Crippen LogP contribution in [0.3, 0.4) is 0 Å². The van der Waals surface area contributed by atoms with Crippen LogP contribution in [0, 0.1) is 13.8 Å². The van der Waals surface area contributed by atoms with Crippen molar-refractivity contribution in [2.24, 2.45) is 5.84 Å². The van der Waals surface area contributed by atoms with E-state index in [2.05, 4.69) is 37.5 Å². The zero-order valence-corrected chi connectivity index (χ0v) is 10.7. The lowest BCUT2D eigenvalue weighted by atomic mass is 9.97. The van der Waals surface area contributed by atoms with Crippen molar-refractivity contribution in [1.82, 2.24) is 5.43 Å². The van der Waals surface area contributed by atoms with Gasteiger partial charge in [0.05, 0.1) is 6.10 Å². The van der Waals surface area contributed by atoms with Crippen molar-refractivity contribution in [3.8, 4) is 0 Å². The summed E-state index contributed by atoms with van der Waals surface area (Å²) >= 11 is 0. The lowest BCUT2D eigenvalue weighted by molar-refractivity contribution is 0.0946. The highest BCUT2D eigenvalue weighted by Gasteiger charge is 2.21. The Bertz CT molecular complexity index is 352. The van der Waals surface area contributed by atoms with E-state index >= 15 is 0 Å². The number of hydrogen-bond acceptors (Lipinski definition) is 3. The summed E-state index contributed by atoms with van der Waals surface area (Å²) in [5.41, 5.74) is 6.75. The summed E-state index contributed by atoms with van der Waals surface area (Å²) in [6.07, 6.45) is 3.65. The Labute approximate surface area is 103 Å². The van der Waals surface area contributed by atoms with Gasteiger partial charge in [-0.3, -0.25) is 11.3 Å². The van der Waals surface area contributed by atoms with E-state index in [4.69, 9.17) is 10.6 Å². The Kier molecular flexibility index (Phi) is 4.15. The maximum Gasteiger partial charge on any atom is 0.0594 e. The van der Waals surface area contributed by atoms with Gasteiger partial charge in [0, 0.05) is 12.6 Å². The van der Waals surface area contributed by atoms with Crippen LogP contribution >= 0.6 is 0 Å². The number of ether oxygens (including phenoxy) is 1. The van der Waals surface area contributed by atoms with Gasteiger partial charge in [-0.2, -0.15) is 0 Å². The van der Waals surface area contributed by atoms with Crippen LogP contribution < -0.4 is 11.3 Å². The average Bonchev–Trinajstić information content (AvgIpc) is 2.77. The first-order chi connectivity index (χ1) is 8.19. The summed E-state index contributed by atoms with van der Waals surface area (Å²) in [6.45, 7) is 5.14. The van der Waals surface area contributed by atoms with Crippen LogP contribution in [-0.2, 0) is 4.74 Å². The van der Waals surface area contributed by atoms with Gasteiger partial charge in [0.15, 0.2) is 0 Å². The van der Waals surface area contributed by atoms with E-state index in [0.29, 0.717) is 6.10 Å². The molecule has 1 saturated heterocycles. The van der Waals surface area contributed by atoms with Crippen LogP contribution in [0.2, 0.25) is 0 Å². The number of hydrazine groups is 1. The van der Waals surface area contributed by atoms with Crippen LogP contribution in [0.5, 0.6) is 0 Å². The Balaban J connectivity index is 2.10. The SMILES string of the molecule is Cc1cc(C)cc(C(CC2CCCO2)NN)c1. The molecule has 2 atom stereocenters. The predicted octanol–water partition coefficient (Wildman–Crippen LogP) is 2.38. The van der Waals surface area contributed by atoms with Crippen molar-refractivity contribution < 1.29 is 4.74 Å². The minimum atomic E-state index is 0.191. The zero-order valence-electron chi connectivity index (χ0n) is 10.7. The van der Waals surface area contributed by atoms with Crippen LogP contribution in [0.25, 0.3) is 0 Å². The number of nitrogens with one attached hydrogen (secondary N) is 1. The van der Waals surface area contributed by atoms with Gasteiger partial charge >= 0.3 is 0 Å². The molecule has 1 aliphatic heterocycles. The molecule has 1 heterocycles. The molecule has 3 heteroatoms. The number of hydrogen-bond donors (Lipinski definition) is 2. The Morgan fingerprint density at radius 2 is 2.06 bits per heavy atom. The van der Waals surface area contributed by atoms with Crippen LogP contribution in [0.4, 0.5) is 0 Å². The highest BCUT2D eigenvalue weighted by Crippen LogP contribution is 2.25.